The molecule has 0 spiro atoms. The minimum absolute atomic E-state index is 0.167. The Balaban J connectivity index is 2.28. The van der Waals surface area contributed by atoms with Crippen LogP contribution in [0.5, 0.6) is 0 Å². The van der Waals surface area contributed by atoms with Crippen molar-refractivity contribution < 1.29 is 14.7 Å². The molecular weight excluding hydrogens is 250 g/mol. The largest absolute Gasteiger partial charge is 0.481 e. The Morgan fingerprint density at radius 3 is 2.67 bits per heavy atom. The van der Waals surface area contributed by atoms with E-state index in [1.165, 1.54) is 12.8 Å². The van der Waals surface area contributed by atoms with Crippen LogP contribution in [0.4, 0.5) is 0 Å². The quantitative estimate of drug-likeness (QED) is 0.755. The molecule has 0 bridgehead atoms. The van der Waals surface area contributed by atoms with Crippen LogP contribution in [0.2, 0.25) is 0 Å². The standard InChI is InChI=1S/C13H23NO3S/c1-18-11-6-4-5-9-14(10-11)12(15)7-2-3-8-13(16)17/h11H,2-10H2,1H3,(H,16,17). The van der Waals surface area contributed by atoms with Gasteiger partial charge in [0.25, 0.3) is 0 Å². The summed E-state index contributed by atoms with van der Waals surface area (Å²) in [6.07, 6.45) is 7.54. The molecule has 5 heteroatoms. The molecule has 0 radical (unpaired) electrons. The number of unbranched alkanes of at least 4 members (excludes halogenated alkanes) is 1. The number of carbonyl (C=O) groups is 2. The van der Waals surface area contributed by atoms with E-state index in [4.69, 9.17) is 5.11 Å². The molecule has 4 nitrogen and oxygen atoms in total. The van der Waals surface area contributed by atoms with E-state index in [9.17, 15) is 9.59 Å². The van der Waals surface area contributed by atoms with E-state index in [0.29, 0.717) is 24.5 Å². The maximum absolute atomic E-state index is 12.0. The van der Waals surface area contributed by atoms with Gasteiger partial charge in [0.1, 0.15) is 0 Å². The molecule has 104 valence electrons. The minimum Gasteiger partial charge on any atom is -0.481 e. The summed E-state index contributed by atoms with van der Waals surface area (Å²) in [4.78, 5) is 24.4. The van der Waals surface area contributed by atoms with Crippen molar-refractivity contribution >= 4 is 23.6 Å². The molecule has 18 heavy (non-hydrogen) atoms. The fourth-order valence-corrected chi connectivity index (χ4v) is 2.96. The molecule has 1 N–H and O–H groups in total. The van der Waals surface area contributed by atoms with Crippen molar-refractivity contribution in [1.82, 2.24) is 4.90 Å². The third-order valence-electron chi connectivity index (χ3n) is 3.35. The lowest BCUT2D eigenvalue weighted by Crippen LogP contribution is -2.35. The smallest absolute Gasteiger partial charge is 0.303 e. The number of hydrogen-bond acceptors (Lipinski definition) is 3. The maximum atomic E-state index is 12.0. The van der Waals surface area contributed by atoms with Crippen molar-refractivity contribution in [3.05, 3.63) is 0 Å². The molecule has 0 aromatic rings. The third-order valence-corrected chi connectivity index (χ3v) is 4.40. The Hall–Kier alpha value is -0.710. The average Bonchev–Trinajstić information content (AvgIpc) is 2.59. The number of likely N-dealkylation sites (tertiary alicyclic amines) is 1. The van der Waals surface area contributed by atoms with E-state index in [-0.39, 0.29) is 12.3 Å². The molecule has 1 aliphatic rings. The van der Waals surface area contributed by atoms with Gasteiger partial charge in [-0.3, -0.25) is 9.59 Å². The van der Waals surface area contributed by atoms with E-state index in [1.54, 1.807) is 0 Å². The van der Waals surface area contributed by atoms with Gasteiger partial charge in [-0.05, 0) is 31.9 Å². The van der Waals surface area contributed by atoms with Gasteiger partial charge in [0.2, 0.25) is 5.91 Å². The first-order chi connectivity index (χ1) is 8.63. The van der Waals surface area contributed by atoms with Crippen molar-refractivity contribution in [2.24, 2.45) is 0 Å². The zero-order valence-corrected chi connectivity index (χ0v) is 11.9. The lowest BCUT2D eigenvalue weighted by molar-refractivity contribution is -0.137. The van der Waals surface area contributed by atoms with Crippen LogP contribution in [0.15, 0.2) is 0 Å². The van der Waals surface area contributed by atoms with E-state index in [0.717, 1.165) is 19.5 Å². The second-order valence-electron chi connectivity index (χ2n) is 4.79. The lowest BCUT2D eigenvalue weighted by atomic mass is 10.2. The topological polar surface area (TPSA) is 57.6 Å². The highest BCUT2D eigenvalue weighted by atomic mass is 32.2. The maximum Gasteiger partial charge on any atom is 0.303 e. The lowest BCUT2D eigenvalue weighted by Gasteiger charge is -2.23. The van der Waals surface area contributed by atoms with Gasteiger partial charge in [-0.15, -0.1) is 0 Å². The van der Waals surface area contributed by atoms with Crippen LogP contribution in [-0.2, 0) is 9.59 Å². The van der Waals surface area contributed by atoms with Crippen LogP contribution in [0.25, 0.3) is 0 Å². The normalized spacial score (nSPS) is 20.5. The molecule has 1 rings (SSSR count). The van der Waals surface area contributed by atoms with Crippen molar-refractivity contribution in [2.45, 2.75) is 50.2 Å². The number of rotatable bonds is 6. The van der Waals surface area contributed by atoms with Crippen molar-refractivity contribution in [3.8, 4) is 0 Å². The summed E-state index contributed by atoms with van der Waals surface area (Å²) in [6.45, 7) is 1.73. The van der Waals surface area contributed by atoms with Crippen LogP contribution >= 0.6 is 11.8 Å². The molecule has 1 atom stereocenters. The number of thioether (sulfide) groups is 1. The van der Waals surface area contributed by atoms with Crippen LogP contribution < -0.4 is 0 Å². The fourth-order valence-electron chi connectivity index (χ4n) is 2.23. The summed E-state index contributed by atoms with van der Waals surface area (Å²) in [5.74, 6) is -0.582. The number of carbonyl (C=O) groups excluding carboxylic acids is 1. The second-order valence-corrected chi connectivity index (χ2v) is 5.93. The number of carboxylic acid groups (broad SMARTS) is 1. The van der Waals surface area contributed by atoms with Gasteiger partial charge < -0.3 is 10.0 Å². The van der Waals surface area contributed by atoms with Gasteiger partial charge in [0.15, 0.2) is 0 Å². The van der Waals surface area contributed by atoms with E-state index < -0.39 is 5.97 Å². The van der Waals surface area contributed by atoms with Gasteiger partial charge in [0, 0.05) is 31.2 Å². The van der Waals surface area contributed by atoms with Crippen molar-refractivity contribution in [1.29, 1.82) is 0 Å². The number of nitrogens with zero attached hydrogens (tertiary/aromatic N) is 1. The van der Waals surface area contributed by atoms with Gasteiger partial charge in [-0.25, -0.2) is 0 Å². The number of hydrogen-bond donors (Lipinski definition) is 1. The van der Waals surface area contributed by atoms with Crippen LogP contribution in [0.1, 0.15) is 44.9 Å². The Kier molecular flexibility index (Phi) is 7.16. The predicted molar refractivity (Wildman–Crippen MR) is 73.8 cm³/mol. The SMILES string of the molecule is CSC1CCCCN(C(=O)CCCCC(=O)O)C1. The Bertz CT molecular complexity index is 283. The molecule has 0 aromatic heterocycles. The van der Waals surface area contributed by atoms with Crippen LogP contribution in [0, 0.1) is 0 Å². The minimum atomic E-state index is -0.778. The molecule has 1 aliphatic heterocycles. The van der Waals surface area contributed by atoms with Crippen molar-refractivity contribution in [3.63, 3.8) is 0 Å². The first-order valence-corrected chi connectivity index (χ1v) is 7.94. The van der Waals surface area contributed by atoms with Gasteiger partial charge in [0.05, 0.1) is 0 Å². The molecule has 1 heterocycles. The molecule has 0 aliphatic carbocycles. The number of aliphatic carboxylic acids is 1. The Morgan fingerprint density at radius 2 is 2.00 bits per heavy atom. The summed E-state index contributed by atoms with van der Waals surface area (Å²) in [5, 5.41) is 9.10. The monoisotopic (exact) mass is 273 g/mol. The van der Waals surface area contributed by atoms with Crippen molar-refractivity contribution in [2.75, 3.05) is 19.3 Å². The van der Waals surface area contributed by atoms with E-state index >= 15 is 0 Å². The van der Waals surface area contributed by atoms with E-state index in [1.807, 2.05) is 16.7 Å². The molecule has 1 fully saturated rings. The van der Waals surface area contributed by atoms with E-state index in [2.05, 4.69) is 6.26 Å². The summed E-state index contributed by atoms with van der Waals surface area (Å²) >= 11 is 1.84. The molecular formula is C13H23NO3S. The first kappa shape index (κ1) is 15.3. The average molecular weight is 273 g/mol. The summed E-state index contributed by atoms with van der Waals surface area (Å²) < 4.78 is 0. The summed E-state index contributed by atoms with van der Waals surface area (Å²) in [7, 11) is 0. The third kappa shape index (κ3) is 5.76. The molecule has 0 saturated carbocycles. The second kappa shape index (κ2) is 8.40. The molecule has 1 unspecified atom stereocenters. The highest BCUT2D eigenvalue weighted by Gasteiger charge is 2.20. The fraction of sp³-hybridized carbons (Fsp3) is 0.846. The Labute approximate surface area is 113 Å². The van der Waals surface area contributed by atoms with Gasteiger partial charge >= 0.3 is 5.97 Å². The predicted octanol–water partition coefficient (Wildman–Crippen LogP) is 2.38. The highest BCUT2D eigenvalue weighted by molar-refractivity contribution is 7.99. The molecule has 1 saturated heterocycles. The zero-order valence-electron chi connectivity index (χ0n) is 11.1. The summed E-state index contributed by atoms with van der Waals surface area (Å²) in [5.41, 5.74) is 0. The van der Waals surface area contributed by atoms with Crippen LogP contribution in [0.3, 0.4) is 0 Å². The zero-order chi connectivity index (χ0) is 13.4. The van der Waals surface area contributed by atoms with Crippen LogP contribution in [-0.4, -0.2) is 46.5 Å². The highest BCUT2D eigenvalue weighted by Crippen LogP contribution is 2.20. The summed E-state index contributed by atoms with van der Waals surface area (Å²) in [6, 6.07) is 0. The Morgan fingerprint density at radius 1 is 1.28 bits per heavy atom. The number of carboxylic acids is 1. The molecule has 0 aromatic carbocycles. The number of amides is 1. The van der Waals surface area contributed by atoms with Gasteiger partial charge in [-0.2, -0.15) is 11.8 Å². The first-order valence-electron chi connectivity index (χ1n) is 6.66. The molecule has 1 amide bonds. The van der Waals surface area contributed by atoms with Gasteiger partial charge in [-0.1, -0.05) is 6.42 Å².